The minimum absolute atomic E-state index is 0.153. The van der Waals surface area contributed by atoms with Gasteiger partial charge in [-0.15, -0.1) is 0 Å². The van der Waals surface area contributed by atoms with Crippen molar-refractivity contribution in [3.05, 3.63) is 101 Å². The Morgan fingerprint density at radius 1 is 0.690 bits per heavy atom. The Morgan fingerprint density at radius 2 is 1.26 bits per heavy atom. The van der Waals surface area contributed by atoms with Crippen LogP contribution in [-0.2, 0) is 6.42 Å². The van der Waals surface area contributed by atoms with E-state index < -0.39 is 23.3 Å². The number of hydrogen-bond donors (Lipinski definition) is 0. The summed E-state index contributed by atoms with van der Waals surface area (Å²) in [7, 11) is 0. The second-order valence-electron chi connectivity index (χ2n) is 11.7. The Labute approximate surface area is 249 Å². The van der Waals surface area contributed by atoms with Crippen LogP contribution in [0.3, 0.4) is 0 Å². The molecule has 0 heterocycles. The van der Waals surface area contributed by atoms with Crippen LogP contribution in [0.15, 0.2) is 66.8 Å². The van der Waals surface area contributed by atoms with E-state index in [1.54, 1.807) is 48.5 Å². The number of aryl methyl sites for hydroxylation is 1. The fourth-order valence-corrected chi connectivity index (χ4v) is 6.02. The third-order valence-corrected chi connectivity index (χ3v) is 8.64. The molecule has 3 aromatic rings. The molecule has 224 valence electrons. The number of allylic oxidation sites excluding steroid dienone is 4. The lowest BCUT2D eigenvalue weighted by atomic mass is 9.83. The zero-order chi connectivity index (χ0) is 29.9. The molecule has 1 unspecified atom stereocenters. The Hall–Kier alpha value is -3.14. The molecular weight excluding hydrogens is 532 g/mol. The molecule has 0 bridgehead atoms. The molecule has 4 heteroatoms. The molecule has 0 aromatic heterocycles. The fraction of sp³-hybridized carbons (Fsp3) is 0.421. The highest BCUT2D eigenvalue weighted by atomic mass is 19.2. The van der Waals surface area contributed by atoms with Crippen LogP contribution in [0.4, 0.5) is 17.6 Å². The van der Waals surface area contributed by atoms with Crippen LogP contribution < -0.4 is 0 Å². The molecule has 1 aliphatic rings. The topological polar surface area (TPSA) is 0 Å². The van der Waals surface area contributed by atoms with E-state index in [9.17, 15) is 4.39 Å². The first-order valence-corrected chi connectivity index (χ1v) is 15.8. The van der Waals surface area contributed by atoms with Gasteiger partial charge in [0.25, 0.3) is 0 Å². The predicted molar refractivity (Wildman–Crippen MR) is 168 cm³/mol. The molecule has 0 nitrogen and oxygen atoms in total. The van der Waals surface area contributed by atoms with Crippen LogP contribution in [0.2, 0.25) is 0 Å². The molecule has 0 aliphatic heterocycles. The van der Waals surface area contributed by atoms with Crippen molar-refractivity contribution in [1.82, 2.24) is 0 Å². The van der Waals surface area contributed by atoms with Gasteiger partial charge in [0.1, 0.15) is 0 Å². The van der Waals surface area contributed by atoms with Crippen molar-refractivity contribution < 1.29 is 17.6 Å². The summed E-state index contributed by atoms with van der Waals surface area (Å²) in [5, 5.41) is 0. The van der Waals surface area contributed by atoms with Gasteiger partial charge in [-0.25, -0.2) is 17.6 Å². The van der Waals surface area contributed by atoms with Gasteiger partial charge in [-0.1, -0.05) is 112 Å². The van der Waals surface area contributed by atoms with E-state index in [2.05, 4.69) is 25.2 Å². The molecule has 0 amide bonds. The predicted octanol–water partition coefficient (Wildman–Crippen LogP) is 12.4. The van der Waals surface area contributed by atoms with E-state index in [-0.39, 0.29) is 11.1 Å². The summed E-state index contributed by atoms with van der Waals surface area (Å²) in [6.45, 7) is 4.21. The van der Waals surface area contributed by atoms with Crippen molar-refractivity contribution in [2.45, 2.75) is 97.3 Å². The SMILES string of the molecule is CC=CCCC1CC=C(c2ccc(-c3ccc(-c4ccc(CCCCCCCCC)c(F)c4F)cc3)c(F)c2F)CC1. The lowest BCUT2D eigenvalue weighted by Gasteiger charge is -2.22. The minimum Gasteiger partial charge on any atom is -0.203 e. The third kappa shape index (κ3) is 8.02. The van der Waals surface area contributed by atoms with E-state index >= 15 is 13.2 Å². The molecule has 1 aliphatic carbocycles. The average molecular weight is 577 g/mol. The van der Waals surface area contributed by atoms with E-state index in [1.165, 1.54) is 25.7 Å². The zero-order valence-corrected chi connectivity index (χ0v) is 25.1. The molecule has 0 fully saturated rings. The van der Waals surface area contributed by atoms with Crippen LogP contribution in [-0.4, -0.2) is 0 Å². The molecule has 4 rings (SSSR count). The van der Waals surface area contributed by atoms with Crippen molar-refractivity contribution >= 4 is 5.57 Å². The quantitative estimate of drug-likeness (QED) is 0.102. The van der Waals surface area contributed by atoms with E-state index in [0.29, 0.717) is 34.6 Å². The van der Waals surface area contributed by atoms with Crippen LogP contribution in [0.1, 0.15) is 102 Å². The number of unbranched alkanes of at least 4 members (excludes halogenated alkanes) is 6. The Balaban J connectivity index is 1.42. The van der Waals surface area contributed by atoms with E-state index in [4.69, 9.17) is 0 Å². The summed E-state index contributed by atoms with van der Waals surface area (Å²) in [4.78, 5) is 0. The molecule has 0 saturated carbocycles. The zero-order valence-electron chi connectivity index (χ0n) is 25.1. The van der Waals surface area contributed by atoms with E-state index in [0.717, 1.165) is 56.9 Å². The normalized spacial score (nSPS) is 15.4. The first-order valence-electron chi connectivity index (χ1n) is 15.8. The third-order valence-electron chi connectivity index (χ3n) is 8.64. The first-order chi connectivity index (χ1) is 20.4. The monoisotopic (exact) mass is 576 g/mol. The van der Waals surface area contributed by atoms with Crippen molar-refractivity contribution in [1.29, 1.82) is 0 Å². The van der Waals surface area contributed by atoms with Gasteiger partial charge in [-0.3, -0.25) is 0 Å². The molecule has 0 spiro atoms. The number of benzene rings is 3. The summed E-state index contributed by atoms with van der Waals surface area (Å²) in [6.07, 6.45) is 19.4. The highest BCUT2D eigenvalue weighted by molar-refractivity contribution is 5.74. The van der Waals surface area contributed by atoms with Gasteiger partial charge in [-0.05, 0) is 80.1 Å². The second kappa shape index (κ2) is 15.9. The van der Waals surface area contributed by atoms with Gasteiger partial charge in [0.05, 0.1) is 0 Å². The van der Waals surface area contributed by atoms with Crippen LogP contribution in [0.5, 0.6) is 0 Å². The smallest absolute Gasteiger partial charge is 0.167 e. The Kier molecular flexibility index (Phi) is 12.0. The van der Waals surface area contributed by atoms with Crippen molar-refractivity contribution in [2.75, 3.05) is 0 Å². The summed E-state index contributed by atoms with van der Waals surface area (Å²) in [5.41, 5.74) is 2.89. The Bertz CT molecular complexity index is 1370. The molecule has 0 radical (unpaired) electrons. The average Bonchev–Trinajstić information content (AvgIpc) is 3.01. The maximum atomic E-state index is 15.3. The van der Waals surface area contributed by atoms with Crippen LogP contribution in [0.25, 0.3) is 27.8 Å². The molecule has 42 heavy (non-hydrogen) atoms. The maximum Gasteiger partial charge on any atom is 0.167 e. The standard InChI is InChI=1S/C38H44F4/c1-3-5-7-8-9-10-12-14-31-23-24-32(36(40)35(31)39)29-19-21-30(22-20-29)34-26-25-33(37(41)38(34)42)28-17-15-27(16-18-28)13-11-6-4-2/h4,6,17,19-27H,3,5,7-16,18H2,1-2H3. The lowest BCUT2D eigenvalue weighted by Crippen LogP contribution is -2.07. The summed E-state index contributed by atoms with van der Waals surface area (Å²) >= 11 is 0. The second-order valence-corrected chi connectivity index (χ2v) is 11.7. The van der Waals surface area contributed by atoms with Crippen molar-refractivity contribution in [3.63, 3.8) is 0 Å². The highest BCUT2D eigenvalue weighted by Crippen LogP contribution is 2.37. The minimum atomic E-state index is -0.886. The number of hydrogen-bond acceptors (Lipinski definition) is 0. The van der Waals surface area contributed by atoms with Gasteiger partial charge in [0.15, 0.2) is 23.3 Å². The van der Waals surface area contributed by atoms with Gasteiger partial charge in [-0.2, -0.15) is 0 Å². The van der Waals surface area contributed by atoms with Gasteiger partial charge < -0.3 is 0 Å². The Morgan fingerprint density at radius 3 is 1.88 bits per heavy atom. The highest BCUT2D eigenvalue weighted by Gasteiger charge is 2.21. The number of halogens is 4. The molecular formula is C38H44F4. The number of rotatable bonds is 14. The molecule has 3 aromatic carbocycles. The molecule has 0 N–H and O–H groups in total. The van der Waals surface area contributed by atoms with Gasteiger partial charge in [0, 0.05) is 16.7 Å². The van der Waals surface area contributed by atoms with Crippen molar-refractivity contribution in [3.8, 4) is 22.3 Å². The van der Waals surface area contributed by atoms with Crippen molar-refractivity contribution in [2.24, 2.45) is 5.92 Å². The first kappa shape index (κ1) is 31.8. The maximum absolute atomic E-state index is 15.3. The molecule has 0 saturated heterocycles. The summed E-state index contributed by atoms with van der Waals surface area (Å²) in [5.74, 6) is -2.81. The van der Waals surface area contributed by atoms with Gasteiger partial charge >= 0.3 is 0 Å². The lowest BCUT2D eigenvalue weighted by molar-refractivity contribution is 0.452. The van der Waals surface area contributed by atoms with Crippen LogP contribution in [0, 0.1) is 29.2 Å². The summed E-state index contributed by atoms with van der Waals surface area (Å²) < 4.78 is 60.4. The van der Waals surface area contributed by atoms with E-state index in [1.807, 2.05) is 6.92 Å². The largest absolute Gasteiger partial charge is 0.203 e. The van der Waals surface area contributed by atoms with Crippen LogP contribution >= 0.6 is 0 Å². The summed E-state index contributed by atoms with van der Waals surface area (Å²) in [6, 6.07) is 13.1. The van der Waals surface area contributed by atoms with Gasteiger partial charge in [0.2, 0.25) is 0 Å². The fourth-order valence-electron chi connectivity index (χ4n) is 6.02. The molecule has 1 atom stereocenters.